The number of rotatable bonds is 6. The van der Waals surface area contributed by atoms with Crippen molar-refractivity contribution < 1.29 is 38.9 Å². The average Bonchev–Trinajstić information content (AvgIpc) is 2.54. The van der Waals surface area contributed by atoms with E-state index in [-0.39, 0.29) is 18.7 Å². The number of carboxylic acids is 2. The number of carbonyl (C=O) groups excluding carboxylic acids is 2. The molecule has 0 unspecified atom stereocenters. The summed E-state index contributed by atoms with van der Waals surface area (Å²) in [6.07, 6.45) is 3.55. The van der Waals surface area contributed by atoms with Crippen molar-refractivity contribution >= 4 is 23.9 Å². The van der Waals surface area contributed by atoms with Gasteiger partial charge in [-0.15, -0.1) is 0 Å². The lowest BCUT2D eigenvalue weighted by atomic mass is 10.1. The highest BCUT2D eigenvalue weighted by Gasteiger charge is 2.14. The first-order chi connectivity index (χ1) is 11.2. The summed E-state index contributed by atoms with van der Waals surface area (Å²) in [7, 11) is 0. The van der Waals surface area contributed by atoms with Crippen LogP contribution in [-0.2, 0) is 28.7 Å². The van der Waals surface area contributed by atoms with Crippen LogP contribution in [0.2, 0.25) is 0 Å². The summed E-state index contributed by atoms with van der Waals surface area (Å²) >= 11 is 0. The van der Waals surface area contributed by atoms with Crippen molar-refractivity contribution in [3.63, 3.8) is 0 Å². The molecular weight excluding hydrogens is 322 g/mol. The minimum atomic E-state index is -1.26. The van der Waals surface area contributed by atoms with Gasteiger partial charge in [-0.1, -0.05) is 19.9 Å². The van der Waals surface area contributed by atoms with Gasteiger partial charge in [0, 0.05) is 24.3 Å². The molecule has 0 fully saturated rings. The maximum Gasteiger partial charge on any atom is 0.336 e. The predicted molar refractivity (Wildman–Crippen MR) is 81.9 cm³/mol. The number of aliphatic carboxylic acids is 2. The van der Waals surface area contributed by atoms with Crippen LogP contribution in [0.15, 0.2) is 23.8 Å². The Balaban J connectivity index is 0.000000561. The third kappa shape index (κ3) is 11.0. The Bertz CT molecular complexity index is 506. The van der Waals surface area contributed by atoms with E-state index in [2.05, 4.69) is 5.32 Å². The van der Waals surface area contributed by atoms with Crippen LogP contribution in [0.5, 0.6) is 0 Å². The number of hydrogen-bond donors (Lipinski definition) is 3. The van der Waals surface area contributed by atoms with Gasteiger partial charge in [0.05, 0.1) is 5.92 Å². The highest BCUT2D eigenvalue weighted by atomic mass is 16.7. The van der Waals surface area contributed by atoms with Gasteiger partial charge in [-0.05, 0) is 13.0 Å². The molecule has 1 aliphatic rings. The van der Waals surface area contributed by atoms with Crippen molar-refractivity contribution in [1.82, 2.24) is 5.32 Å². The van der Waals surface area contributed by atoms with Crippen LogP contribution in [0, 0.1) is 5.92 Å². The molecule has 1 aliphatic heterocycles. The molecule has 0 aromatic carbocycles. The molecule has 9 heteroatoms. The lowest BCUT2D eigenvalue weighted by Crippen LogP contribution is -2.25. The minimum Gasteiger partial charge on any atom is -0.478 e. The monoisotopic (exact) mass is 343 g/mol. The first-order valence-corrected chi connectivity index (χ1v) is 7.11. The van der Waals surface area contributed by atoms with Crippen LogP contribution in [0.25, 0.3) is 0 Å². The van der Waals surface area contributed by atoms with Gasteiger partial charge in [-0.3, -0.25) is 4.79 Å². The molecule has 0 aromatic rings. The molecule has 9 nitrogen and oxygen atoms in total. The van der Waals surface area contributed by atoms with Gasteiger partial charge in [0.1, 0.15) is 0 Å². The molecule has 1 heterocycles. The van der Waals surface area contributed by atoms with Crippen LogP contribution in [0.4, 0.5) is 0 Å². The van der Waals surface area contributed by atoms with Crippen molar-refractivity contribution in [2.75, 3.05) is 19.9 Å². The predicted octanol–water partition coefficient (Wildman–Crippen LogP) is 0.318. The lowest BCUT2D eigenvalue weighted by molar-refractivity contribution is -0.167. The van der Waals surface area contributed by atoms with Gasteiger partial charge in [-0.25, -0.2) is 14.4 Å². The van der Waals surface area contributed by atoms with E-state index < -0.39 is 17.9 Å². The van der Waals surface area contributed by atoms with Gasteiger partial charge in [-0.2, -0.15) is 0 Å². The zero-order valence-corrected chi connectivity index (χ0v) is 13.5. The smallest absolute Gasteiger partial charge is 0.336 e. The molecule has 134 valence electrons. The molecule has 0 saturated heterocycles. The highest BCUT2D eigenvalue weighted by molar-refractivity contribution is 5.89. The van der Waals surface area contributed by atoms with Gasteiger partial charge in [0.2, 0.25) is 6.79 Å². The Morgan fingerprint density at radius 1 is 1.17 bits per heavy atom. The Labute approximate surface area is 138 Å². The third-order valence-corrected chi connectivity index (χ3v) is 2.56. The molecular formula is C15H21NO8. The molecule has 0 spiro atoms. The van der Waals surface area contributed by atoms with Crippen molar-refractivity contribution in [3.05, 3.63) is 23.8 Å². The summed E-state index contributed by atoms with van der Waals surface area (Å²) < 4.78 is 9.56. The van der Waals surface area contributed by atoms with Crippen molar-refractivity contribution in [2.24, 2.45) is 5.92 Å². The van der Waals surface area contributed by atoms with E-state index in [4.69, 9.17) is 19.7 Å². The largest absolute Gasteiger partial charge is 0.478 e. The zero-order chi connectivity index (χ0) is 18.5. The first kappa shape index (κ1) is 21.3. The number of esters is 2. The maximum atomic E-state index is 11.4. The van der Waals surface area contributed by atoms with Gasteiger partial charge in [0.25, 0.3) is 0 Å². The van der Waals surface area contributed by atoms with Crippen LogP contribution < -0.4 is 5.32 Å². The summed E-state index contributed by atoms with van der Waals surface area (Å²) in [5, 5.41) is 18.7. The Morgan fingerprint density at radius 2 is 1.75 bits per heavy atom. The molecule has 0 aromatic heterocycles. The second-order valence-corrected chi connectivity index (χ2v) is 4.86. The van der Waals surface area contributed by atoms with Gasteiger partial charge < -0.3 is 25.0 Å². The summed E-state index contributed by atoms with van der Waals surface area (Å²) in [6.45, 7) is 4.59. The maximum absolute atomic E-state index is 11.4. The van der Waals surface area contributed by atoms with Crippen LogP contribution >= 0.6 is 0 Å². The summed E-state index contributed by atoms with van der Waals surface area (Å²) in [6, 6.07) is 0. The van der Waals surface area contributed by atoms with Crippen LogP contribution in [0.3, 0.4) is 0 Å². The summed E-state index contributed by atoms with van der Waals surface area (Å²) in [5.74, 6) is -3.50. The molecule has 3 N–H and O–H groups in total. The van der Waals surface area contributed by atoms with E-state index in [1.807, 2.05) is 0 Å². The second kappa shape index (κ2) is 11.8. The third-order valence-electron chi connectivity index (χ3n) is 2.56. The number of carboxylic acid groups (broad SMARTS) is 2. The summed E-state index contributed by atoms with van der Waals surface area (Å²) in [4.78, 5) is 41.6. The van der Waals surface area contributed by atoms with Crippen molar-refractivity contribution in [3.8, 4) is 0 Å². The number of ether oxygens (including phenoxy) is 2. The van der Waals surface area contributed by atoms with E-state index in [0.29, 0.717) is 30.7 Å². The molecule has 1 rings (SSSR count). The highest BCUT2D eigenvalue weighted by Crippen LogP contribution is 2.06. The lowest BCUT2D eigenvalue weighted by Gasteiger charge is -2.13. The number of nitrogens with one attached hydrogen (secondary N) is 1. The molecule has 0 saturated carbocycles. The number of hydrogen-bond acceptors (Lipinski definition) is 7. The fourth-order valence-electron chi connectivity index (χ4n) is 1.35. The fraction of sp³-hybridized carbons (Fsp3) is 0.467. The molecule has 0 atom stereocenters. The molecule has 0 bridgehead atoms. The van der Waals surface area contributed by atoms with Crippen LogP contribution in [0.1, 0.15) is 20.3 Å². The van der Waals surface area contributed by atoms with Crippen molar-refractivity contribution in [2.45, 2.75) is 20.3 Å². The van der Waals surface area contributed by atoms with Crippen LogP contribution in [-0.4, -0.2) is 54.0 Å². The average molecular weight is 343 g/mol. The summed E-state index contributed by atoms with van der Waals surface area (Å²) in [5.41, 5.74) is 0.638. The standard InChI is InChI=1S/C11H17NO4.C4H4O4/c1-8(2)10(13)15-7-16-11(14)9-3-5-12-6-4-9;5-3(6)1-2-4(7)8/h3,8,12H,4-7H2,1-2H3;1-2H,(H,5,6)(H,7,8)/b;2-1+. The second-order valence-electron chi connectivity index (χ2n) is 4.86. The van der Waals surface area contributed by atoms with E-state index in [1.54, 1.807) is 19.9 Å². The zero-order valence-electron chi connectivity index (χ0n) is 13.5. The van der Waals surface area contributed by atoms with Crippen molar-refractivity contribution in [1.29, 1.82) is 0 Å². The van der Waals surface area contributed by atoms with Gasteiger partial charge >= 0.3 is 23.9 Å². The molecule has 0 amide bonds. The SMILES string of the molecule is CC(C)C(=O)OCOC(=O)C1=CCNCC1.O=C(O)/C=C/C(=O)O. The molecule has 0 aliphatic carbocycles. The normalized spacial score (nSPS) is 13.5. The fourth-order valence-corrected chi connectivity index (χ4v) is 1.35. The Morgan fingerprint density at radius 3 is 2.17 bits per heavy atom. The number of carbonyl (C=O) groups is 4. The van der Waals surface area contributed by atoms with E-state index in [9.17, 15) is 19.2 Å². The molecule has 24 heavy (non-hydrogen) atoms. The van der Waals surface area contributed by atoms with E-state index >= 15 is 0 Å². The quantitative estimate of drug-likeness (QED) is 0.353. The van der Waals surface area contributed by atoms with E-state index in [1.165, 1.54) is 0 Å². The Kier molecular flexibility index (Phi) is 10.5. The topological polar surface area (TPSA) is 139 Å². The molecule has 0 radical (unpaired) electrons. The Hall–Kier alpha value is -2.68. The minimum absolute atomic E-state index is 0.211. The van der Waals surface area contributed by atoms with E-state index in [0.717, 1.165) is 6.54 Å². The first-order valence-electron chi connectivity index (χ1n) is 7.11. The van der Waals surface area contributed by atoms with Gasteiger partial charge in [0.15, 0.2) is 0 Å².